The lowest BCUT2D eigenvalue weighted by atomic mass is 10.1. The largest absolute Gasteiger partial charge is 0.396 e. The molecule has 2 aliphatic rings. The molecule has 0 spiro atoms. The van der Waals surface area contributed by atoms with Gasteiger partial charge >= 0.3 is 0 Å². The van der Waals surface area contributed by atoms with E-state index in [4.69, 9.17) is 5.11 Å². The van der Waals surface area contributed by atoms with Crippen LogP contribution in [0.25, 0.3) is 0 Å². The molecule has 0 saturated carbocycles. The van der Waals surface area contributed by atoms with Crippen LogP contribution >= 0.6 is 0 Å². The minimum Gasteiger partial charge on any atom is -0.396 e. The number of carbonyl (C=O) groups excluding carboxylic acids is 1. The van der Waals surface area contributed by atoms with Crippen molar-refractivity contribution in [3.63, 3.8) is 0 Å². The molecule has 0 radical (unpaired) electrons. The number of carbonyl (C=O) groups is 1. The summed E-state index contributed by atoms with van der Waals surface area (Å²) in [7, 11) is 0. The van der Waals surface area contributed by atoms with Crippen molar-refractivity contribution in [2.24, 2.45) is 5.92 Å². The van der Waals surface area contributed by atoms with Gasteiger partial charge in [-0.05, 0) is 31.4 Å². The summed E-state index contributed by atoms with van der Waals surface area (Å²) in [6.07, 6.45) is 6.83. The van der Waals surface area contributed by atoms with E-state index in [2.05, 4.69) is 22.3 Å². The quantitative estimate of drug-likeness (QED) is 0.814. The SMILES string of the molecule is O=C(N[C@@H]1C=C[C@H](CO)C1)C1CCCN1Cc1ccccc1. The van der Waals surface area contributed by atoms with Gasteiger partial charge in [0.1, 0.15) is 0 Å². The molecule has 1 saturated heterocycles. The fourth-order valence-electron chi connectivity index (χ4n) is 3.43. The van der Waals surface area contributed by atoms with Gasteiger partial charge in [-0.25, -0.2) is 0 Å². The second-order valence-corrected chi connectivity index (χ2v) is 6.29. The van der Waals surface area contributed by atoms with Crippen molar-refractivity contribution < 1.29 is 9.90 Å². The fourth-order valence-corrected chi connectivity index (χ4v) is 3.43. The third-order valence-corrected chi connectivity index (χ3v) is 4.63. The average Bonchev–Trinajstić information content (AvgIpc) is 3.17. The van der Waals surface area contributed by atoms with E-state index in [1.54, 1.807) is 0 Å². The summed E-state index contributed by atoms with van der Waals surface area (Å²) in [4.78, 5) is 14.8. The maximum absolute atomic E-state index is 12.5. The minimum absolute atomic E-state index is 0.0261. The van der Waals surface area contributed by atoms with Crippen LogP contribution in [0.5, 0.6) is 0 Å². The second kappa shape index (κ2) is 7.07. The summed E-state index contributed by atoms with van der Waals surface area (Å²) in [5.74, 6) is 0.316. The summed E-state index contributed by atoms with van der Waals surface area (Å²) >= 11 is 0. The third kappa shape index (κ3) is 3.57. The minimum atomic E-state index is -0.0261. The number of aliphatic hydroxyl groups is 1. The Bertz CT molecular complexity index is 529. The van der Waals surface area contributed by atoms with Crippen molar-refractivity contribution in [2.45, 2.75) is 37.9 Å². The number of nitrogens with zero attached hydrogens (tertiary/aromatic N) is 1. The van der Waals surface area contributed by atoms with Crippen LogP contribution in [-0.2, 0) is 11.3 Å². The van der Waals surface area contributed by atoms with E-state index in [0.717, 1.165) is 32.4 Å². The molecule has 3 atom stereocenters. The van der Waals surface area contributed by atoms with E-state index in [-0.39, 0.29) is 30.5 Å². The van der Waals surface area contributed by atoms with Crippen molar-refractivity contribution >= 4 is 5.91 Å². The molecule has 0 bridgehead atoms. The Morgan fingerprint density at radius 1 is 1.27 bits per heavy atom. The molecule has 1 aromatic carbocycles. The zero-order chi connectivity index (χ0) is 15.4. The third-order valence-electron chi connectivity index (χ3n) is 4.63. The lowest BCUT2D eigenvalue weighted by Gasteiger charge is -2.25. The van der Waals surface area contributed by atoms with Gasteiger partial charge in [0.05, 0.1) is 6.04 Å². The number of benzene rings is 1. The molecule has 1 amide bonds. The Morgan fingerprint density at radius 3 is 2.82 bits per heavy atom. The van der Waals surface area contributed by atoms with Gasteiger partial charge in [0, 0.05) is 25.1 Å². The maximum Gasteiger partial charge on any atom is 0.237 e. The van der Waals surface area contributed by atoms with Crippen molar-refractivity contribution in [1.82, 2.24) is 10.2 Å². The Labute approximate surface area is 131 Å². The molecule has 0 aromatic heterocycles. The Hall–Kier alpha value is -1.65. The monoisotopic (exact) mass is 300 g/mol. The predicted octanol–water partition coefficient (Wildman–Crippen LogP) is 1.70. The van der Waals surface area contributed by atoms with Crippen LogP contribution in [0.1, 0.15) is 24.8 Å². The second-order valence-electron chi connectivity index (χ2n) is 6.29. The highest BCUT2D eigenvalue weighted by Crippen LogP contribution is 2.22. The van der Waals surface area contributed by atoms with Crippen LogP contribution in [0.2, 0.25) is 0 Å². The number of likely N-dealkylation sites (tertiary alicyclic amines) is 1. The molecule has 1 aliphatic carbocycles. The number of aliphatic hydroxyl groups excluding tert-OH is 1. The molecule has 22 heavy (non-hydrogen) atoms. The highest BCUT2D eigenvalue weighted by atomic mass is 16.3. The van der Waals surface area contributed by atoms with Crippen LogP contribution in [0.3, 0.4) is 0 Å². The van der Waals surface area contributed by atoms with Crippen molar-refractivity contribution in [2.75, 3.05) is 13.2 Å². The van der Waals surface area contributed by atoms with Gasteiger partial charge in [-0.15, -0.1) is 0 Å². The van der Waals surface area contributed by atoms with Crippen LogP contribution < -0.4 is 5.32 Å². The van der Waals surface area contributed by atoms with E-state index < -0.39 is 0 Å². The molecule has 1 aliphatic heterocycles. The van der Waals surface area contributed by atoms with Crippen molar-refractivity contribution in [3.05, 3.63) is 48.0 Å². The Morgan fingerprint density at radius 2 is 2.09 bits per heavy atom. The molecule has 2 N–H and O–H groups in total. The molecule has 3 rings (SSSR count). The van der Waals surface area contributed by atoms with Crippen LogP contribution in [-0.4, -0.2) is 41.1 Å². The number of hydrogen-bond donors (Lipinski definition) is 2. The Kier molecular flexibility index (Phi) is 4.90. The summed E-state index contributed by atoms with van der Waals surface area (Å²) in [6, 6.07) is 10.4. The zero-order valence-electron chi connectivity index (χ0n) is 12.8. The molecule has 118 valence electrons. The first kappa shape index (κ1) is 15.3. The van der Waals surface area contributed by atoms with Crippen LogP contribution in [0.15, 0.2) is 42.5 Å². The van der Waals surface area contributed by atoms with Crippen LogP contribution in [0.4, 0.5) is 0 Å². The summed E-state index contributed by atoms with van der Waals surface area (Å²) in [5.41, 5.74) is 1.25. The van der Waals surface area contributed by atoms with Gasteiger partial charge < -0.3 is 10.4 Å². The number of hydrogen-bond acceptors (Lipinski definition) is 3. The molecule has 1 unspecified atom stereocenters. The van der Waals surface area contributed by atoms with Gasteiger partial charge in [-0.3, -0.25) is 9.69 Å². The van der Waals surface area contributed by atoms with Gasteiger partial charge in [-0.2, -0.15) is 0 Å². The maximum atomic E-state index is 12.5. The first-order valence-corrected chi connectivity index (χ1v) is 8.14. The van der Waals surface area contributed by atoms with E-state index in [1.807, 2.05) is 30.4 Å². The Balaban J connectivity index is 1.56. The molecule has 4 heteroatoms. The van der Waals surface area contributed by atoms with Gasteiger partial charge in [-0.1, -0.05) is 42.5 Å². The summed E-state index contributed by atoms with van der Waals surface area (Å²) in [6.45, 7) is 1.97. The predicted molar refractivity (Wildman–Crippen MR) is 86.1 cm³/mol. The lowest BCUT2D eigenvalue weighted by molar-refractivity contribution is -0.126. The number of nitrogens with one attached hydrogen (secondary N) is 1. The zero-order valence-corrected chi connectivity index (χ0v) is 12.8. The van der Waals surface area contributed by atoms with E-state index in [0.29, 0.717) is 0 Å². The summed E-state index contributed by atoms with van der Waals surface area (Å²) in [5, 5.41) is 12.3. The molecule has 1 heterocycles. The van der Waals surface area contributed by atoms with E-state index in [9.17, 15) is 4.79 Å². The molecule has 1 fully saturated rings. The average molecular weight is 300 g/mol. The number of rotatable bonds is 5. The fraction of sp³-hybridized carbons (Fsp3) is 0.500. The van der Waals surface area contributed by atoms with Crippen molar-refractivity contribution in [3.8, 4) is 0 Å². The molecule has 1 aromatic rings. The van der Waals surface area contributed by atoms with Gasteiger partial charge in [0.25, 0.3) is 0 Å². The van der Waals surface area contributed by atoms with E-state index in [1.165, 1.54) is 5.56 Å². The highest BCUT2D eigenvalue weighted by Gasteiger charge is 2.32. The normalized spacial score (nSPS) is 28.1. The lowest BCUT2D eigenvalue weighted by Crippen LogP contribution is -2.46. The molecular formula is C18H24N2O2. The van der Waals surface area contributed by atoms with Crippen LogP contribution in [0, 0.1) is 5.92 Å². The number of amides is 1. The molecular weight excluding hydrogens is 276 g/mol. The smallest absolute Gasteiger partial charge is 0.237 e. The first-order valence-electron chi connectivity index (χ1n) is 8.14. The first-order chi connectivity index (χ1) is 10.8. The van der Waals surface area contributed by atoms with Gasteiger partial charge in [0.15, 0.2) is 0 Å². The molecule has 4 nitrogen and oxygen atoms in total. The van der Waals surface area contributed by atoms with Gasteiger partial charge in [0.2, 0.25) is 5.91 Å². The van der Waals surface area contributed by atoms with E-state index >= 15 is 0 Å². The standard InChI is InChI=1S/C18H24N2O2/c21-13-15-8-9-16(11-15)19-18(22)17-7-4-10-20(17)12-14-5-2-1-3-6-14/h1-3,5-6,8-9,15-17,21H,4,7,10-13H2,(H,19,22)/t15-,16+,17?/m0/s1. The summed E-state index contributed by atoms with van der Waals surface area (Å²) < 4.78 is 0. The topological polar surface area (TPSA) is 52.6 Å². The van der Waals surface area contributed by atoms with Crippen molar-refractivity contribution in [1.29, 1.82) is 0 Å². The highest BCUT2D eigenvalue weighted by molar-refractivity contribution is 5.82.